The first-order valence-corrected chi connectivity index (χ1v) is 7.94. The van der Waals surface area contributed by atoms with Gasteiger partial charge in [0.25, 0.3) is 0 Å². The Morgan fingerprint density at radius 2 is 2.17 bits per heavy atom. The summed E-state index contributed by atoms with van der Waals surface area (Å²) in [6.07, 6.45) is 2.87. The van der Waals surface area contributed by atoms with Crippen molar-refractivity contribution in [3.63, 3.8) is 0 Å². The van der Waals surface area contributed by atoms with Gasteiger partial charge in [0, 0.05) is 31.0 Å². The van der Waals surface area contributed by atoms with Gasteiger partial charge in [-0.15, -0.1) is 0 Å². The highest BCUT2D eigenvalue weighted by molar-refractivity contribution is 5.97. The van der Waals surface area contributed by atoms with Gasteiger partial charge in [-0.3, -0.25) is 0 Å². The first-order chi connectivity index (χ1) is 11.3. The highest BCUT2D eigenvalue weighted by atomic mass is 16.5. The molecule has 0 fully saturated rings. The van der Waals surface area contributed by atoms with Gasteiger partial charge in [-0.1, -0.05) is 24.3 Å². The number of pyridine rings is 1. The van der Waals surface area contributed by atoms with Gasteiger partial charge in [-0.05, 0) is 30.5 Å². The van der Waals surface area contributed by atoms with Crippen molar-refractivity contribution in [2.75, 3.05) is 25.1 Å². The fourth-order valence-corrected chi connectivity index (χ4v) is 2.74. The van der Waals surface area contributed by atoms with E-state index in [1.54, 1.807) is 7.11 Å². The number of nitrogens with one attached hydrogen (secondary N) is 1. The van der Waals surface area contributed by atoms with E-state index in [0.29, 0.717) is 12.4 Å². The van der Waals surface area contributed by atoms with Gasteiger partial charge in [0.1, 0.15) is 0 Å². The van der Waals surface area contributed by atoms with E-state index in [2.05, 4.69) is 46.4 Å². The number of benzene rings is 1. The van der Waals surface area contributed by atoms with E-state index in [1.807, 2.05) is 18.3 Å². The van der Waals surface area contributed by atoms with Crippen LogP contribution in [0.4, 0.5) is 5.69 Å². The molecule has 1 N–H and O–H groups in total. The molecular formula is C18H22N4O. The van der Waals surface area contributed by atoms with Crippen molar-refractivity contribution in [3.8, 4) is 5.88 Å². The fourth-order valence-electron chi connectivity index (χ4n) is 2.74. The summed E-state index contributed by atoms with van der Waals surface area (Å²) in [5, 5.41) is 3.39. The first-order valence-electron chi connectivity index (χ1n) is 7.94. The number of ether oxygens (including phenoxy) is 1. The fraction of sp³-hybridized carbons (Fsp3) is 0.333. The Hall–Kier alpha value is -2.56. The number of hydrogen-bond donors (Lipinski definition) is 1. The number of nitrogens with zero attached hydrogens (tertiary/aromatic N) is 3. The van der Waals surface area contributed by atoms with Gasteiger partial charge >= 0.3 is 0 Å². The summed E-state index contributed by atoms with van der Waals surface area (Å²) < 4.78 is 5.09. The van der Waals surface area contributed by atoms with Crippen LogP contribution in [-0.4, -0.2) is 31.1 Å². The Morgan fingerprint density at radius 3 is 2.91 bits per heavy atom. The zero-order chi connectivity index (χ0) is 16.1. The number of aromatic nitrogens is 1. The van der Waals surface area contributed by atoms with Crippen LogP contribution in [0.15, 0.2) is 47.6 Å². The number of methoxy groups -OCH3 is 1. The Bertz CT molecular complexity index is 682. The summed E-state index contributed by atoms with van der Waals surface area (Å²) in [6, 6.07) is 12.4. The molecule has 3 rings (SSSR count). The molecule has 120 valence electrons. The first kappa shape index (κ1) is 15.3. The second-order valence-corrected chi connectivity index (χ2v) is 5.41. The third-order valence-corrected chi connectivity index (χ3v) is 3.90. The number of rotatable bonds is 4. The SMILES string of the molecule is CCNC(=NCc1ccc(OC)nc1)N1CCc2ccccc21. The summed E-state index contributed by atoms with van der Waals surface area (Å²) in [5.41, 5.74) is 3.69. The standard InChI is InChI=1S/C18H22N4O/c1-3-19-18(21-13-14-8-9-17(23-2)20-12-14)22-11-10-15-6-4-5-7-16(15)22/h4-9,12H,3,10-11,13H2,1-2H3,(H,19,21). The van der Waals surface area contributed by atoms with Crippen molar-refractivity contribution >= 4 is 11.6 Å². The van der Waals surface area contributed by atoms with Gasteiger partial charge in [-0.25, -0.2) is 9.98 Å². The smallest absolute Gasteiger partial charge is 0.212 e. The van der Waals surface area contributed by atoms with Crippen LogP contribution in [0.2, 0.25) is 0 Å². The average molecular weight is 310 g/mol. The lowest BCUT2D eigenvalue weighted by molar-refractivity contribution is 0.397. The van der Waals surface area contributed by atoms with E-state index in [9.17, 15) is 0 Å². The van der Waals surface area contributed by atoms with Gasteiger partial charge < -0.3 is 15.0 Å². The zero-order valence-corrected chi connectivity index (χ0v) is 13.6. The molecule has 23 heavy (non-hydrogen) atoms. The summed E-state index contributed by atoms with van der Waals surface area (Å²) in [7, 11) is 1.62. The predicted octanol–water partition coefficient (Wildman–Crippen LogP) is 2.62. The molecule has 0 radical (unpaired) electrons. The normalized spacial score (nSPS) is 13.8. The molecule has 1 aliphatic rings. The molecular weight excluding hydrogens is 288 g/mol. The van der Waals surface area contributed by atoms with Crippen LogP contribution in [0, 0.1) is 0 Å². The minimum absolute atomic E-state index is 0.595. The maximum absolute atomic E-state index is 5.09. The van der Waals surface area contributed by atoms with E-state index in [1.165, 1.54) is 11.3 Å². The molecule has 2 heterocycles. The van der Waals surface area contributed by atoms with Gasteiger partial charge in [-0.2, -0.15) is 0 Å². The van der Waals surface area contributed by atoms with Crippen LogP contribution >= 0.6 is 0 Å². The largest absolute Gasteiger partial charge is 0.481 e. The van der Waals surface area contributed by atoms with Crippen molar-refractivity contribution in [1.82, 2.24) is 10.3 Å². The lowest BCUT2D eigenvalue weighted by atomic mass is 10.2. The van der Waals surface area contributed by atoms with Gasteiger partial charge in [0.05, 0.1) is 13.7 Å². The Morgan fingerprint density at radius 1 is 1.30 bits per heavy atom. The molecule has 0 bridgehead atoms. The molecule has 1 aromatic carbocycles. The lowest BCUT2D eigenvalue weighted by Gasteiger charge is -2.22. The quantitative estimate of drug-likeness (QED) is 0.697. The van der Waals surface area contributed by atoms with Crippen molar-refractivity contribution < 1.29 is 4.74 Å². The number of guanidine groups is 1. The molecule has 5 nitrogen and oxygen atoms in total. The predicted molar refractivity (Wildman–Crippen MR) is 93.1 cm³/mol. The number of para-hydroxylation sites is 1. The molecule has 0 unspecified atom stereocenters. The molecule has 1 aromatic heterocycles. The van der Waals surface area contributed by atoms with Crippen molar-refractivity contribution in [1.29, 1.82) is 0 Å². The topological polar surface area (TPSA) is 49.8 Å². The molecule has 0 spiro atoms. The third kappa shape index (κ3) is 3.44. The number of fused-ring (bicyclic) bond motifs is 1. The van der Waals surface area contributed by atoms with E-state index in [0.717, 1.165) is 31.0 Å². The summed E-state index contributed by atoms with van der Waals surface area (Å²) in [6.45, 7) is 4.49. The number of hydrogen-bond acceptors (Lipinski definition) is 3. The lowest BCUT2D eigenvalue weighted by Crippen LogP contribution is -2.40. The summed E-state index contributed by atoms with van der Waals surface area (Å²) in [4.78, 5) is 11.3. The molecule has 0 saturated heterocycles. The van der Waals surface area contributed by atoms with Crippen molar-refractivity contribution in [2.24, 2.45) is 4.99 Å². The maximum Gasteiger partial charge on any atom is 0.212 e. The third-order valence-electron chi connectivity index (χ3n) is 3.90. The molecule has 1 aliphatic heterocycles. The van der Waals surface area contributed by atoms with E-state index in [4.69, 9.17) is 9.73 Å². The average Bonchev–Trinajstić information content (AvgIpc) is 3.03. The van der Waals surface area contributed by atoms with Crippen LogP contribution in [0.25, 0.3) is 0 Å². The van der Waals surface area contributed by atoms with E-state index in [-0.39, 0.29) is 0 Å². The Kier molecular flexibility index (Phi) is 4.76. The van der Waals surface area contributed by atoms with Crippen LogP contribution in [0.5, 0.6) is 5.88 Å². The van der Waals surface area contributed by atoms with Crippen molar-refractivity contribution in [3.05, 3.63) is 53.7 Å². The second kappa shape index (κ2) is 7.13. The van der Waals surface area contributed by atoms with Crippen LogP contribution in [0.1, 0.15) is 18.1 Å². The van der Waals surface area contributed by atoms with E-state index >= 15 is 0 Å². The van der Waals surface area contributed by atoms with Gasteiger partial charge in [0.15, 0.2) is 5.96 Å². The van der Waals surface area contributed by atoms with Crippen LogP contribution < -0.4 is 15.0 Å². The molecule has 0 saturated carbocycles. The number of aliphatic imine (C=N–C) groups is 1. The van der Waals surface area contributed by atoms with Crippen LogP contribution in [0.3, 0.4) is 0 Å². The van der Waals surface area contributed by atoms with E-state index < -0.39 is 0 Å². The highest BCUT2D eigenvalue weighted by Crippen LogP contribution is 2.27. The molecule has 2 aromatic rings. The van der Waals surface area contributed by atoms with Crippen molar-refractivity contribution in [2.45, 2.75) is 19.9 Å². The minimum atomic E-state index is 0.595. The monoisotopic (exact) mass is 310 g/mol. The highest BCUT2D eigenvalue weighted by Gasteiger charge is 2.22. The minimum Gasteiger partial charge on any atom is -0.481 e. The number of anilines is 1. The summed E-state index contributed by atoms with van der Waals surface area (Å²) in [5.74, 6) is 1.55. The van der Waals surface area contributed by atoms with Gasteiger partial charge in [0.2, 0.25) is 5.88 Å². The Labute approximate surface area is 137 Å². The second-order valence-electron chi connectivity index (χ2n) is 5.41. The molecule has 0 atom stereocenters. The molecule has 5 heteroatoms. The Balaban J connectivity index is 1.78. The zero-order valence-electron chi connectivity index (χ0n) is 13.6. The maximum atomic E-state index is 5.09. The van der Waals surface area contributed by atoms with Crippen LogP contribution in [-0.2, 0) is 13.0 Å². The summed E-state index contributed by atoms with van der Waals surface area (Å²) >= 11 is 0. The molecule has 0 aliphatic carbocycles. The molecule has 0 amide bonds.